The van der Waals surface area contributed by atoms with Gasteiger partial charge in [0.1, 0.15) is 17.4 Å². The van der Waals surface area contributed by atoms with Crippen molar-refractivity contribution in [2.75, 3.05) is 40.6 Å². The number of ketones is 1. The lowest BCUT2D eigenvalue weighted by Gasteiger charge is -2.36. The molecule has 0 bridgehead atoms. The van der Waals surface area contributed by atoms with Crippen LogP contribution in [0.2, 0.25) is 0 Å². The van der Waals surface area contributed by atoms with Crippen molar-refractivity contribution >= 4 is 29.3 Å². The second-order valence-corrected chi connectivity index (χ2v) is 15.3. The maximum atomic E-state index is 14.6. The van der Waals surface area contributed by atoms with E-state index in [2.05, 4.69) is 0 Å². The van der Waals surface area contributed by atoms with Crippen LogP contribution in [0, 0.1) is 11.6 Å². The zero-order chi connectivity index (χ0) is 35.0. The van der Waals surface area contributed by atoms with Gasteiger partial charge < -0.3 is 18.9 Å². The third kappa shape index (κ3) is 9.24. The number of halogens is 2. The fourth-order valence-electron chi connectivity index (χ4n) is 6.81. The Morgan fingerprint density at radius 3 is 1.34 bits per heavy atom. The molecule has 4 aromatic rings. The highest BCUT2D eigenvalue weighted by Gasteiger charge is 2.36. The van der Waals surface area contributed by atoms with Gasteiger partial charge in [0.2, 0.25) is 0 Å². The van der Waals surface area contributed by atoms with Gasteiger partial charge in [-0.05, 0) is 95.8 Å². The lowest BCUT2D eigenvalue weighted by molar-refractivity contribution is -0.119. The summed E-state index contributed by atoms with van der Waals surface area (Å²) in [7, 11) is 3.36. The van der Waals surface area contributed by atoms with Crippen LogP contribution in [0.5, 0.6) is 0 Å². The van der Waals surface area contributed by atoms with Crippen LogP contribution in [0.4, 0.5) is 8.78 Å². The quantitative estimate of drug-likeness (QED) is 0.129. The van der Waals surface area contributed by atoms with Crippen LogP contribution in [-0.2, 0) is 47.8 Å². The van der Waals surface area contributed by atoms with Crippen molar-refractivity contribution in [3.8, 4) is 0 Å². The molecule has 5 nitrogen and oxygen atoms in total. The molecular formula is C41H44F2O5S2. The molecule has 6 rings (SSSR count). The number of Topliss-reactive ketones (excluding diaryl/α,β-unsaturated/α-hetero) is 1. The van der Waals surface area contributed by atoms with E-state index in [9.17, 15) is 13.6 Å². The second-order valence-electron chi connectivity index (χ2n) is 13.0. The predicted octanol–water partition coefficient (Wildman–Crippen LogP) is 9.71. The molecule has 0 radical (unpaired) electrons. The molecule has 2 saturated heterocycles. The molecule has 2 aliphatic rings. The highest BCUT2D eigenvalue weighted by molar-refractivity contribution is 7.99. The number of aryl methyl sites for hydroxylation is 2. The first kappa shape index (κ1) is 36.7. The summed E-state index contributed by atoms with van der Waals surface area (Å²) in [6.45, 7) is 2.38. The Balaban J connectivity index is 0.974. The number of hydrogen-bond donors (Lipinski definition) is 0. The Labute approximate surface area is 302 Å². The van der Waals surface area contributed by atoms with Crippen molar-refractivity contribution in [1.29, 1.82) is 0 Å². The van der Waals surface area contributed by atoms with Gasteiger partial charge in [-0.3, -0.25) is 4.79 Å². The molecule has 0 amide bonds. The Hall–Kier alpha value is -3.05. The summed E-state index contributed by atoms with van der Waals surface area (Å²) >= 11 is 3.03. The van der Waals surface area contributed by atoms with Crippen molar-refractivity contribution in [2.45, 2.75) is 82.2 Å². The Morgan fingerprint density at radius 1 is 0.600 bits per heavy atom. The molecule has 0 N–H and O–H groups in total. The lowest BCUT2D eigenvalue weighted by Crippen LogP contribution is -2.35. The molecule has 0 aliphatic carbocycles. The zero-order valence-electron chi connectivity index (χ0n) is 28.7. The van der Waals surface area contributed by atoms with E-state index in [-0.39, 0.29) is 17.4 Å². The number of ether oxygens (including phenoxy) is 4. The summed E-state index contributed by atoms with van der Waals surface area (Å²) in [5.41, 5.74) is 2.84. The minimum absolute atomic E-state index is 0.224. The van der Waals surface area contributed by atoms with E-state index < -0.39 is 11.2 Å². The van der Waals surface area contributed by atoms with E-state index in [1.54, 1.807) is 38.5 Å². The molecule has 2 fully saturated rings. The van der Waals surface area contributed by atoms with Crippen LogP contribution >= 0.6 is 23.5 Å². The van der Waals surface area contributed by atoms with Crippen LogP contribution in [0.15, 0.2) is 105 Å². The topological polar surface area (TPSA) is 54.0 Å². The first-order valence-corrected chi connectivity index (χ1v) is 18.8. The summed E-state index contributed by atoms with van der Waals surface area (Å²) in [5, 5.41) is 0. The molecular weight excluding hydrogens is 675 g/mol. The molecule has 0 aromatic heterocycles. The van der Waals surface area contributed by atoms with E-state index in [4.69, 9.17) is 18.9 Å². The molecule has 0 spiro atoms. The smallest absolute Gasteiger partial charge is 0.133 e. The van der Waals surface area contributed by atoms with E-state index in [1.807, 2.05) is 60.7 Å². The third-order valence-electron chi connectivity index (χ3n) is 9.88. The number of carbonyl (C=O) groups excluding carboxylic acids is 1. The summed E-state index contributed by atoms with van der Waals surface area (Å²) in [4.78, 5) is 16.4. The van der Waals surface area contributed by atoms with Gasteiger partial charge in [0.05, 0.1) is 11.2 Å². The van der Waals surface area contributed by atoms with Crippen molar-refractivity contribution in [3.63, 3.8) is 0 Å². The van der Waals surface area contributed by atoms with E-state index in [0.717, 1.165) is 41.8 Å². The summed E-state index contributed by atoms with van der Waals surface area (Å²) in [5.74, 6) is -0.327. The Bertz CT molecular complexity index is 1610. The monoisotopic (exact) mass is 718 g/mol. The zero-order valence-corrected chi connectivity index (χ0v) is 30.3. The van der Waals surface area contributed by atoms with Gasteiger partial charge in [0.25, 0.3) is 0 Å². The highest BCUT2D eigenvalue weighted by atomic mass is 32.2. The van der Waals surface area contributed by atoms with Crippen LogP contribution in [0.1, 0.15) is 60.8 Å². The number of rotatable bonds is 14. The van der Waals surface area contributed by atoms with Gasteiger partial charge in [0.15, 0.2) is 0 Å². The average molecular weight is 719 g/mol. The Kier molecular flexibility index (Phi) is 12.5. The number of carbonyl (C=O) groups is 1. The fourth-order valence-corrected chi connectivity index (χ4v) is 8.61. The molecule has 2 heterocycles. The van der Waals surface area contributed by atoms with Gasteiger partial charge in [-0.1, -0.05) is 47.8 Å². The van der Waals surface area contributed by atoms with Crippen molar-refractivity contribution < 1.29 is 32.5 Å². The van der Waals surface area contributed by atoms with Gasteiger partial charge in [-0.15, -0.1) is 0 Å². The molecule has 4 aromatic carbocycles. The molecule has 264 valence electrons. The SMILES string of the molecule is COC1(c2cc(F)cc(Sc3ccc(CCC(=O)CCc4ccc(Sc5cc(F)cc(C6(OC)CCOCC6)c5)cc4)cc3)c2)CCOCC1. The summed E-state index contributed by atoms with van der Waals surface area (Å²) in [6, 6.07) is 26.6. The van der Waals surface area contributed by atoms with Crippen molar-refractivity contribution in [3.05, 3.63) is 119 Å². The van der Waals surface area contributed by atoms with Crippen LogP contribution in [0.3, 0.4) is 0 Å². The predicted molar refractivity (Wildman–Crippen MR) is 193 cm³/mol. The van der Waals surface area contributed by atoms with Crippen LogP contribution < -0.4 is 0 Å². The van der Waals surface area contributed by atoms with Gasteiger partial charge >= 0.3 is 0 Å². The van der Waals surface area contributed by atoms with Crippen LogP contribution in [0.25, 0.3) is 0 Å². The van der Waals surface area contributed by atoms with Gasteiger partial charge in [0, 0.05) is 98.8 Å². The van der Waals surface area contributed by atoms with Crippen molar-refractivity contribution in [2.24, 2.45) is 0 Å². The normalized spacial score (nSPS) is 17.0. The van der Waals surface area contributed by atoms with Gasteiger partial charge in [-0.2, -0.15) is 0 Å². The molecule has 0 saturated carbocycles. The van der Waals surface area contributed by atoms with Gasteiger partial charge in [-0.25, -0.2) is 8.78 Å². The van der Waals surface area contributed by atoms with Crippen LogP contribution in [-0.4, -0.2) is 46.4 Å². The van der Waals surface area contributed by atoms with Crippen molar-refractivity contribution in [1.82, 2.24) is 0 Å². The minimum Gasteiger partial charge on any atom is -0.381 e. The molecule has 0 atom stereocenters. The largest absolute Gasteiger partial charge is 0.381 e. The lowest BCUT2D eigenvalue weighted by atomic mass is 9.86. The first-order chi connectivity index (χ1) is 24.3. The summed E-state index contributed by atoms with van der Waals surface area (Å²) < 4.78 is 52.1. The highest BCUT2D eigenvalue weighted by Crippen LogP contribution is 2.40. The van der Waals surface area contributed by atoms with E-state index in [0.29, 0.717) is 77.8 Å². The standard InChI is InChI=1S/C41H44F2O5S2/c1-45-40(15-19-47-20-16-40)31-23-33(42)27-38(25-31)49-36-11-5-29(6-12-36)3-9-35(44)10-4-30-7-13-37(14-8-30)50-39-26-32(24-34(43)28-39)41(46-2)17-21-48-22-18-41/h5-8,11-14,23-28H,3-4,9-10,15-22H2,1-2H3. The number of benzene rings is 4. The van der Waals surface area contributed by atoms with E-state index in [1.165, 1.54) is 23.5 Å². The third-order valence-corrected chi connectivity index (χ3v) is 11.8. The number of methoxy groups -OCH3 is 2. The number of hydrogen-bond acceptors (Lipinski definition) is 7. The minimum atomic E-state index is -0.525. The molecule has 50 heavy (non-hydrogen) atoms. The van der Waals surface area contributed by atoms with E-state index >= 15 is 0 Å². The fraction of sp³-hybridized carbons (Fsp3) is 0.390. The average Bonchev–Trinajstić information content (AvgIpc) is 3.14. The maximum Gasteiger partial charge on any atom is 0.133 e. The molecule has 2 aliphatic heterocycles. The molecule has 0 unspecified atom stereocenters. The Morgan fingerprint density at radius 2 is 0.980 bits per heavy atom. The summed E-state index contributed by atoms with van der Waals surface area (Å²) in [6.07, 6.45) is 5.10. The first-order valence-electron chi connectivity index (χ1n) is 17.2. The second kappa shape index (κ2) is 17.0. The molecule has 9 heteroatoms. The maximum absolute atomic E-state index is 14.6.